The van der Waals surface area contributed by atoms with E-state index in [0.29, 0.717) is 28.9 Å². The van der Waals surface area contributed by atoms with Gasteiger partial charge in [0.1, 0.15) is 18.3 Å². The van der Waals surface area contributed by atoms with E-state index in [1.165, 1.54) is 17.1 Å². The number of hydrogen-bond donors (Lipinski definition) is 2. The summed E-state index contributed by atoms with van der Waals surface area (Å²) in [5, 5.41) is 18.6. The van der Waals surface area contributed by atoms with E-state index >= 15 is 0 Å². The molecule has 5 rings (SSSR count). The van der Waals surface area contributed by atoms with Crippen molar-refractivity contribution in [3.8, 4) is 0 Å². The number of carbonyl (C=O) groups is 2. The highest BCUT2D eigenvalue weighted by Crippen LogP contribution is 2.51. The Hall–Kier alpha value is -3.57. The number of amides is 2. The van der Waals surface area contributed by atoms with E-state index in [1.807, 2.05) is 20.8 Å². The van der Waals surface area contributed by atoms with Crippen LogP contribution in [0.3, 0.4) is 0 Å². The Morgan fingerprint density at radius 3 is 2.34 bits per heavy atom. The van der Waals surface area contributed by atoms with Crippen LogP contribution in [0.4, 0.5) is 14.5 Å². The van der Waals surface area contributed by atoms with Gasteiger partial charge in [0, 0.05) is 24.6 Å². The van der Waals surface area contributed by atoms with Gasteiger partial charge in [0.25, 0.3) is 12.3 Å². The number of hydrogen-bond acceptors (Lipinski definition) is 5. The van der Waals surface area contributed by atoms with E-state index in [4.69, 9.17) is 0 Å². The zero-order valence-electron chi connectivity index (χ0n) is 21.8. The summed E-state index contributed by atoms with van der Waals surface area (Å²) in [4.78, 5) is 26.9. The molecular weight excluding hydrogens is 494 g/mol. The maximum Gasteiger partial charge on any atom is 0.270 e. The lowest BCUT2D eigenvalue weighted by Gasteiger charge is -2.27. The van der Waals surface area contributed by atoms with Gasteiger partial charge in [0.05, 0.1) is 23.6 Å². The van der Waals surface area contributed by atoms with Crippen LogP contribution in [0.1, 0.15) is 74.7 Å². The first kappa shape index (κ1) is 26.1. The van der Waals surface area contributed by atoms with Gasteiger partial charge >= 0.3 is 0 Å². The Morgan fingerprint density at radius 2 is 1.71 bits per heavy atom. The number of anilines is 1. The van der Waals surface area contributed by atoms with Crippen molar-refractivity contribution in [2.45, 2.75) is 77.6 Å². The molecule has 0 spiro atoms. The van der Waals surface area contributed by atoms with Crippen molar-refractivity contribution in [3.05, 3.63) is 48.3 Å². The maximum absolute atomic E-state index is 13.6. The van der Waals surface area contributed by atoms with E-state index in [0.717, 1.165) is 25.7 Å². The van der Waals surface area contributed by atoms with E-state index in [9.17, 15) is 18.4 Å². The molecule has 12 heteroatoms. The molecule has 2 atom stereocenters. The molecule has 3 aromatic heterocycles. The molecule has 1 unspecified atom stereocenters. The van der Waals surface area contributed by atoms with Crippen molar-refractivity contribution >= 4 is 17.5 Å². The second-order valence-electron chi connectivity index (χ2n) is 10.7. The summed E-state index contributed by atoms with van der Waals surface area (Å²) in [7, 11) is 0. The minimum atomic E-state index is -2.52. The van der Waals surface area contributed by atoms with Crippen LogP contribution >= 0.6 is 0 Å². The minimum Gasteiger partial charge on any atom is -0.339 e. The summed E-state index contributed by atoms with van der Waals surface area (Å²) in [6.45, 7) is 5.22. The predicted molar refractivity (Wildman–Crippen MR) is 136 cm³/mol. The highest BCUT2D eigenvalue weighted by atomic mass is 19.3. The van der Waals surface area contributed by atoms with Crippen LogP contribution < -0.4 is 10.6 Å². The van der Waals surface area contributed by atoms with Crippen LogP contribution in [0.15, 0.2) is 36.9 Å². The second kappa shape index (κ2) is 10.7. The van der Waals surface area contributed by atoms with Crippen LogP contribution in [0, 0.1) is 17.8 Å². The molecule has 2 saturated carbocycles. The Balaban J connectivity index is 1.33. The first-order valence-corrected chi connectivity index (χ1v) is 13.2. The summed E-state index contributed by atoms with van der Waals surface area (Å²) in [5.74, 6) is 0.317. The number of nitrogens with one attached hydrogen (secondary N) is 2. The summed E-state index contributed by atoms with van der Waals surface area (Å²) >= 11 is 0. The molecule has 10 nitrogen and oxygen atoms in total. The molecule has 0 saturated heterocycles. The average Bonchev–Trinajstić information content (AvgIpc) is 3.72. The SMILES string of the molecule is CC(c1ccnn1CC(F)F)n1cc(NC(=O)[C@@H](NC(=O)c2ccnn2C(C)C)C(C2CC2)C2CC2)cn1. The van der Waals surface area contributed by atoms with Gasteiger partial charge in [-0.2, -0.15) is 15.3 Å². The Kier molecular flexibility index (Phi) is 7.31. The van der Waals surface area contributed by atoms with Crippen LogP contribution in [0.5, 0.6) is 0 Å². The molecule has 2 fully saturated rings. The molecule has 0 radical (unpaired) electrons. The zero-order valence-corrected chi connectivity index (χ0v) is 21.8. The topological polar surface area (TPSA) is 112 Å². The largest absolute Gasteiger partial charge is 0.339 e. The Labute approximate surface area is 219 Å². The molecule has 2 amide bonds. The van der Waals surface area contributed by atoms with E-state index < -0.39 is 19.0 Å². The fraction of sp³-hybridized carbons (Fsp3) is 0.577. The molecule has 0 bridgehead atoms. The monoisotopic (exact) mass is 528 g/mol. The van der Waals surface area contributed by atoms with Crippen molar-refractivity contribution in [1.82, 2.24) is 34.7 Å². The third kappa shape index (κ3) is 5.63. The van der Waals surface area contributed by atoms with Gasteiger partial charge in [-0.1, -0.05) is 0 Å². The van der Waals surface area contributed by atoms with Gasteiger partial charge in [0.15, 0.2) is 0 Å². The molecule has 2 aliphatic rings. The van der Waals surface area contributed by atoms with E-state index in [1.54, 1.807) is 33.9 Å². The first-order valence-electron chi connectivity index (χ1n) is 13.2. The van der Waals surface area contributed by atoms with Gasteiger partial charge in [-0.05, 0) is 76.3 Å². The van der Waals surface area contributed by atoms with Crippen molar-refractivity contribution < 1.29 is 18.4 Å². The summed E-state index contributed by atoms with van der Waals surface area (Å²) < 4.78 is 30.4. The predicted octanol–water partition coefficient (Wildman–Crippen LogP) is 3.90. The summed E-state index contributed by atoms with van der Waals surface area (Å²) in [6, 6.07) is 2.28. The van der Waals surface area contributed by atoms with E-state index in [-0.39, 0.29) is 29.8 Å². The van der Waals surface area contributed by atoms with Crippen LogP contribution in [0.2, 0.25) is 0 Å². The fourth-order valence-corrected chi connectivity index (χ4v) is 5.30. The first-order chi connectivity index (χ1) is 18.2. The number of aromatic nitrogens is 6. The quantitative estimate of drug-likeness (QED) is 0.370. The van der Waals surface area contributed by atoms with Gasteiger partial charge in [-0.25, -0.2) is 8.78 Å². The Morgan fingerprint density at radius 1 is 1.03 bits per heavy atom. The maximum atomic E-state index is 13.6. The molecule has 0 aliphatic heterocycles. The highest BCUT2D eigenvalue weighted by molar-refractivity contribution is 6.00. The van der Waals surface area contributed by atoms with Gasteiger partial charge in [-0.15, -0.1) is 0 Å². The number of rotatable bonds is 12. The third-order valence-electron chi connectivity index (χ3n) is 7.43. The lowest BCUT2D eigenvalue weighted by atomic mass is 9.88. The number of carbonyl (C=O) groups excluding carboxylic acids is 2. The molecule has 3 heterocycles. The Bertz CT molecular complexity index is 1260. The number of nitrogens with zero attached hydrogens (tertiary/aromatic N) is 6. The lowest BCUT2D eigenvalue weighted by molar-refractivity contribution is -0.119. The third-order valence-corrected chi connectivity index (χ3v) is 7.43. The van der Waals surface area contributed by atoms with Crippen molar-refractivity contribution in [1.29, 1.82) is 0 Å². The fourth-order valence-electron chi connectivity index (χ4n) is 5.30. The lowest BCUT2D eigenvalue weighted by Crippen LogP contribution is -2.50. The minimum absolute atomic E-state index is 0.00511. The molecule has 2 aliphatic carbocycles. The number of halogens is 2. The van der Waals surface area contributed by atoms with Gasteiger partial charge < -0.3 is 10.6 Å². The molecule has 204 valence electrons. The zero-order chi connectivity index (χ0) is 27.0. The standard InChI is InChI=1S/C26H34F2N8O2/c1-15(2)36-21(9-11-30-36)25(37)33-24(23(17-4-5-17)18-6-7-18)26(38)32-19-12-31-34(13-19)16(3)20-8-10-29-35(20)14-22(27)28/h8-13,15-18,22-24H,4-7,14H2,1-3H3,(H,32,38)(H,33,37)/t16?,24-/m0/s1. The van der Waals surface area contributed by atoms with Crippen molar-refractivity contribution in [3.63, 3.8) is 0 Å². The van der Waals surface area contributed by atoms with Crippen LogP contribution in [-0.4, -0.2) is 53.6 Å². The normalized spacial score (nSPS) is 17.3. The second-order valence-corrected chi connectivity index (χ2v) is 10.7. The molecule has 3 aromatic rings. The summed E-state index contributed by atoms with van der Waals surface area (Å²) in [6.07, 6.45) is 7.99. The smallest absolute Gasteiger partial charge is 0.270 e. The van der Waals surface area contributed by atoms with Crippen LogP contribution in [0.25, 0.3) is 0 Å². The van der Waals surface area contributed by atoms with E-state index in [2.05, 4.69) is 25.9 Å². The molecule has 38 heavy (non-hydrogen) atoms. The molecular formula is C26H34F2N8O2. The summed E-state index contributed by atoms with van der Waals surface area (Å²) in [5.41, 5.74) is 1.48. The highest BCUT2D eigenvalue weighted by Gasteiger charge is 2.48. The van der Waals surface area contributed by atoms with Gasteiger partial charge in [0.2, 0.25) is 5.91 Å². The molecule has 2 N–H and O–H groups in total. The average molecular weight is 529 g/mol. The van der Waals surface area contributed by atoms with Crippen molar-refractivity contribution in [2.24, 2.45) is 17.8 Å². The van der Waals surface area contributed by atoms with Gasteiger partial charge in [-0.3, -0.25) is 23.6 Å². The van der Waals surface area contributed by atoms with Crippen LogP contribution in [-0.2, 0) is 11.3 Å². The number of alkyl halides is 2. The van der Waals surface area contributed by atoms with Crippen molar-refractivity contribution in [2.75, 3.05) is 5.32 Å². The molecule has 0 aromatic carbocycles.